The number of likely N-dealkylation sites (N-methyl/N-ethyl adjacent to an activating group) is 1. The first kappa shape index (κ1) is 17.2. The zero-order chi connectivity index (χ0) is 15.2. The highest BCUT2D eigenvalue weighted by molar-refractivity contribution is 5.87. The predicted molar refractivity (Wildman–Crippen MR) is 67.3 cm³/mol. The van der Waals surface area contributed by atoms with Crippen LogP contribution in [0.1, 0.15) is 27.2 Å². The van der Waals surface area contributed by atoms with Gasteiger partial charge in [0.2, 0.25) is 5.91 Å². The number of aliphatic carboxylic acids is 1. The lowest BCUT2D eigenvalue weighted by molar-refractivity contribution is -0.141. The zero-order valence-electron chi connectivity index (χ0n) is 11.3. The summed E-state index contributed by atoms with van der Waals surface area (Å²) in [6.45, 7) is 5.08. The first-order valence-corrected chi connectivity index (χ1v) is 5.85. The Morgan fingerprint density at radius 1 is 1.37 bits per heavy atom. The van der Waals surface area contributed by atoms with E-state index in [1.807, 2.05) is 0 Å². The number of carboxylic acids is 1. The minimum Gasteiger partial charge on any atom is -0.480 e. The van der Waals surface area contributed by atoms with Crippen LogP contribution < -0.4 is 11.1 Å². The third-order valence-corrected chi connectivity index (χ3v) is 2.25. The standard InChI is InChI=1S/C11H21N3O5/c1-4-14(6-11(2,3)19)10(18)13-7(9(16)17)5-8(12)15/h7,19H,4-6H2,1-3H3,(H2,12,15)(H,13,18)(H,16,17)/t7-/m0/s1. The van der Waals surface area contributed by atoms with Crippen molar-refractivity contribution < 1.29 is 24.6 Å². The van der Waals surface area contributed by atoms with Gasteiger partial charge in [-0.3, -0.25) is 4.79 Å². The Balaban J connectivity index is 4.68. The number of nitrogens with two attached hydrogens (primary N) is 1. The van der Waals surface area contributed by atoms with Crippen LogP contribution in [-0.2, 0) is 9.59 Å². The molecule has 0 rings (SSSR count). The number of hydrogen-bond acceptors (Lipinski definition) is 4. The molecular weight excluding hydrogens is 254 g/mol. The summed E-state index contributed by atoms with van der Waals surface area (Å²) in [5.41, 5.74) is 3.81. The summed E-state index contributed by atoms with van der Waals surface area (Å²) in [5, 5.41) is 20.7. The van der Waals surface area contributed by atoms with E-state index in [0.717, 1.165) is 0 Å². The van der Waals surface area contributed by atoms with Crippen LogP contribution in [0.2, 0.25) is 0 Å². The molecule has 110 valence electrons. The number of rotatable bonds is 7. The number of carboxylic acid groups (broad SMARTS) is 1. The number of aliphatic hydroxyl groups is 1. The SMILES string of the molecule is CCN(CC(C)(C)O)C(=O)N[C@@H](CC(N)=O)C(=O)O. The maximum Gasteiger partial charge on any atom is 0.326 e. The quantitative estimate of drug-likeness (QED) is 0.478. The molecule has 0 aliphatic heterocycles. The minimum atomic E-state index is -1.37. The number of nitrogens with one attached hydrogen (secondary N) is 1. The molecule has 0 aromatic carbocycles. The van der Waals surface area contributed by atoms with Gasteiger partial charge in [-0.1, -0.05) is 0 Å². The Kier molecular flexibility index (Phi) is 6.26. The van der Waals surface area contributed by atoms with Crippen LogP contribution in [0.5, 0.6) is 0 Å². The molecule has 0 saturated heterocycles. The van der Waals surface area contributed by atoms with Crippen molar-refractivity contribution in [1.29, 1.82) is 0 Å². The lowest BCUT2D eigenvalue weighted by Crippen LogP contribution is -2.52. The Labute approximate surface area is 111 Å². The third-order valence-electron chi connectivity index (χ3n) is 2.25. The van der Waals surface area contributed by atoms with Crippen molar-refractivity contribution in [3.63, 3.8) is 0 Å². The predicted octanol–water partition coefficient (Wildman–Crippen LogP) is -0.883. The summed E-state index contributed by atoms with van der Waals surface area (Å²) in [4.78, 5) is 34.7. The van der Waals surface area contributed by atoms with Gasteiger partial charge in [0.25, 0.3) is 0 Å². The Hall–Kier alpha value is -1.83. The number of nitrogens with zero attached hydrogens (tertiary/aromatic N) is 1. The number of carbonyl (C=O) groups is 3. The Morgan fingerprint density at radius 3 is 2.21 bits per heavy atom. The number of carbonyl (C=O) groups excluding carboxylic acids is 2. The molecule has 0 aromatic rings. The topological polar surface area (TPSA) is 133 Å². The molecule has 0 unspecified atom stereocenters. The summed E-state index contributed by atoms with van der Waals surface area (Å²) in [7, 11) is 0. The number of primary amides is 1. The smallest absolute Gasteiger partial charge is 0.326 e. The summed E-state index contributed by atoms with van der Waals surface area (Å²) in [5.74, 6) is -2.16. The molecule has 0 aliphatic rings. The molecule has 0 spiro atoms. The van der Waals surface area contributed by atoms with Gasteiger partial charge in [-0.2, -0.15) is 0 Å². The second-order valence-corrected chi connectivity index (χ2v) is 4.84. The van der Waals surface area contributed by atoms with Crippen LogP contribution >= 0.6 is 0 Å². The molecule has 0 aromatic heterocycles. The van der Waals surface area contributed by atoms with E-state index in [1.54, 1.807) is 6.92 Å². The van der Waals surface area contributed by atoms with Crippen molar-refractivity contribution in [1.82, 2.24) is 10.2 Å². The molecule has 0 bridgehead atoms. The van der Waals surface area contributed by atoms with Crippen molar-refractivity contribution in [3.05, 3.63) is 0 Å². The van der Waals surface area contributed by atoms with Crippen LogP contribution in [0.25, 0.3) is 0 Å². The van der Waals surface area contributed by atoms with E-state index in [9.17, 15) is 19.5 Å². The second-order valence-electron chi connectivity index (χ2n) is 4.84. The first-order chi connectivity index (χ1) is 8.56. The fraction of sp³-hybridized carbons (Fsp3) is 0.727. The van der Waals surface area contributed by atoms with Gasteiger partial charge in [-0.05, 0) is 20.8 Å². The number of hydrogen-bond donors (Lipinski definition) is 4. The largest absolute Gasteiger partial charge is 0.480 e. The highest BCUT2D eigenvalue weighted by Gasteiger charge is 2.26. The molecule has 0 radical (unpaired) electrons. The van der Waals surface area contributed by atoms with Gasteiger partial charge in [-0.25, -0.2) is 9.59 Å². The highest BCUT2D eigenvalue weighted by atomic mass is 16.4. The van der Waals surface area contributed by atoms with Gasteiger partial charge in [0, 0.05) is 6.54 Å². The second kappa shape index (κ2) is 6.93. The van der Waals surface area contributed by atoms with E-state index in [1.165, 1.54) is 18.7 Å². The normalized spacial score (nSPS) is 12.6. The van der Waals surface area contributed by atoms with Gasteiger partial charge >= 0.3 is 12.0 Å². The molecular formula is C11H21N3O5. The summed E-state index contributed by atoms with van der Waals surface area (Å²) < 4.78 is 0. The van der Waals surface area contributed by atoms with Crippen LogP contribution in [0.4, 0.5) is 4.79 Å². The third kappa shape index (κ3) is 7.24. The van der Waals surface area contributed by atoms with Gasteiger partial charge in [-0.15, -0.1) is 0 Å². The fourth-order valence-corrected chi connectivity index (χ4v) is 1.44. The monoisotopic (exact) mass is 275 g/mol. The summed E-state index contributed by atoms with van der Waals surface area (Å²) >= 11 is 0. The van der Waals surface area contributed by atoms with Crippen LogP contribution in [-0.4, -0.2) is 57.8 Å². The molecule has 19 heavy (non-hydrogen) atoms. The Morgan fingerprint density at radius 2 is 1.89 bits per heavy atom. The van der Waals surface area contributed by atoms with Crippen molar-refractivity contribution in [2.75, 3.05) is 13.1 Å². The molecule has 8 nitrogen and oxygen atoms in total. The average molecular weight is 275 g/mol. The van der Waals surface area contributed by atoms with Gasteiger partial charge < -0.3 is 26.2 Å². The molecule has 0 fully saturated rings. The van der Waals surface area contributed by atoms with E-state index in [4.69, 9.17) is 10.8 Å². The molecule has 0 saturated carbocycles. The van der Waals surface area contributed by atoms with E-state index in [-0.39, 0.29) is 6.54 Å². The van der Waals surface area contributed by atoms with E-state index >= 15 is 0 Å². The van der Waals surface area contributed by atoms with Crippen molar-refractivity contribution in [2.45, 2.75) is 38.8 Å². The van der Waals surface area contributed by atoms with Crippen molar-refractivity contribution >= 4 is 17.9 Å². The maximum atomic E-state index is 11.8. The van der Waals surface area contributed by atoms with E-state index < -0.39 is 36.0 Å². The first-order valence-electron chi connectivity index (χ1n) is 5.85. The average Bonchev–Trinajstić information content (AvgIpc) is 2.22. The van der Waals surface area contributed by atoms with E-state index in [0.29, 0.717) is 6.54 Å². The van der Waals surface area contributed by atoms with Gasteiger partial charge in [0.05, 0.1) is 18.6 Å². The molecule has 1 atom stereocenters. The van der Waals surface area contributed by atoms with Crippen molar-refractivity contribution in [3.8, 4) is 0 Å². The molecule has 0 aliphatic carbocycles. The molecule has 8 heteroatoms. The van der Waals surface area contributed by atoms with Crippen LogP contribution in [0.15, 0.2) is 0 Å². The zero-order valence-corrected chi connectivity index (χ0v) is 11.3. The number of amides is 3. The molecule has 5 N–H and O–H groups in total. The lowest BCUT2D eigenvalue weighted by Gasteiger charge is -2.29. The molecule has 3 amide bonds. The number of urea groups is 1. The fourth-order valence-electron chi connectivity index (χ4n) is 1.44. The Bertz CT molecular complexity index is 351. The minimum absolute atomic E-state index is 0.0399. The molecule has 0 heterocycles. The lowest BCUT2D eigenvalue weighted by atomic mass is 10.1. The van der Waals surface area contributed by atoms with Gasteiger partial charge in [0.15, 0.2) is 0 Å². The summed E-state index contributed by atoms with van der Waals surface area (Å²) in [6.07, 6.45) is -0.485. The van der Waals surface area contributed by atoms with Crippen LogP contribution in [0.3, 0.4) is 0 Å². The summed E-state index contributed by atoms with van der Waals surface area (Å²) in [6, 6.07) is -2.04. The van der Waals surface area contributed by atoms with Gasteiger partial charge in [0.1, 0.15) is 6.04 Å². The van der Waals surface area contributed by atoms with E-state index in [2.05, 4.69) is 5.32 Å². The van der Waals surface area contributed by atoms with Crippen molar-refractivity contribution in [2.24, 2.45) is 5.73 Å². The maximum absolute atomic E-state index is 11.8. The van der Waals surface area contributed by atoms with Crippen LogP contribution in [0, 0.1) is 0 Å². The highest BCUT2D eigenvalue weighted by Crippen LogP contribution is 2.05.